The molecule has 0 aliphatic heterocycles. The summed E-state index contributed by atoms with van der Waals surface area (Å²) in [7, 11) is 1.62. The van der Waals surface area contributed by atoms with Gasteiger partial charge in [0, 0.05) is 19.3 Å². The zero-order valence-corrected chi connectivity index (χ0v) is 12.3. The van der Waals surface area contributed by atoms with Crippen molar-refractivity contribution in [1.29, 1.82) is 0 Å². The normalized spacial score (nSPS) is 11.7. The van der Waals surface area contributed by atoms with Crippen molar-refractivity contribution >= 4 is 5.97 Å². The molecule has 0 saturated heterocycles. The molecular weight excluding hydrogens is 309 g/mol. The predicted octanol–water partition coefficient (Wildman–Crippen LogP) is 3.43. The van der Waals surface area contributed by atoms with Crippen LogP contribution >= 0.6 is 0 Å². The molecule has 0 aliphatic carbocycles. The number of benzene rings is 1. The molecule has 23 heavy (non-hydrogen) atoms. The molecule has 1 aromatic carbocycles. The fraction of sp³-hybridized carbons (Fsp3) is 0.250. The number of pyridine rings is 1. The van der Waals surface area contributed by atoms with E-state index in [9.17, 15) is 18.0 Å². The molecule has 1 N–H and O–H groups in total. The summed E-state index contributed by atoms with van der Waals surface area (Å²) in [5.41, 5.74) is -0.197. The van der Waals surface area contributed by atoms with Crippen molar-refractivity contribution in [2.75, 3.05) is 7.05 Å². The number of carboxylic acid groups (broad SMARTS) is 1. The Morgan fingerprint density at radius 2 is 1.87 bits per heavy atom. The number of carbonyl (C=O) groups is 1. The molecule has 0 spiro atoms. The van der Waals surface area contributed by atoms with E-state index < -0.39 is 17.7 Å². The highest BCUT2D eigenvalue weighted by molar-refractivity contribution is 5.88. The van der Waals surface area contributed by atoms with E-state index in [1.54, 1.807) is 18.0 Å². The molecule has 122 valence electrons. The summed E-state index contributed by atoms with van der Waals surface area (Å²) in [5, 5.41) is 9.11. The Balaban J connectivity index is 2.19. The SMILES string of the molecule is CN(Cc1ccccc1C(F)(F)F)Cc1ncccc1C(=O)O. The van der Waals surface area contributed by atoms with Crippen LogP contribution in [-0.2, 0) is 19.3 Å². The predicted molar refractivity (Wildman–Crippen MR) is 77.8 cm³/mol. The lowest BCUT2D eigenvalue weighted by Gasteiger charge is -2.20. The number of hydrogen-bond acceptors (Lipinski definition) is 3. The van der Waals surface area contributed by atoms with Crippen molar-refractivity contribution in [3.8, 4) is 0 Å². The first kappa shape index (κ1) is 17.0. The van der Waals surface area contributed by atoms with Crippen molar-refractivity contribution in [3.63, 3.8) is 0 Å². The highest BCUT2D eigenvalue weighted by atomic mass is 19.4. The maximum absolute atomic E-state index is 13.0. The van der Waals surface area contributed by atoms with Gasteiger partial charge in [0.15, 0.2) is 0 Å². The summed E-state index contributed by atoms with van der Waals surface area (Å²) in [5.74, 6) is -1.11. The second kappa shape index (κ2) is 6.78. The number of hydrogen-bond donors (Lipinski definition) is 1. The van der Waals surface area contributed by atoms with E-state index in [1.165, 1.54) is 30.5 Å². The standard InChI is InChI=1S/C16H15F3N2O2/c1-21(10-14-12(15(22)23)6-4-8-20-14)9-11-5-2-3-7-13(11)16(17,18)19/h2-8H,9-10H2,1H3,(H,22,23). The van der Waals surface area contributed by atoms with Crippen LogP contribution in [0, 0.1) is 0 Å². The van der Waals surface area contributed by atoms with E-state index in [4.69, 9.17) is 5.11 Å². The van der Waals surface area contributed by atoms with Gasteiger partial charge in [0.1, 0.15) is 0 Å². The summed E-state index contributed by atoms with van der Waals surface area (Å²) >= 11 is 0. The Morgan fingerprint density at radius 3 is 2.52 bits per heavy atom. The van der Waals surface area contributed by atoms with Crippen LogP contribution in [0.4, 0.5) is 13.2 Å². The molecular formula is C16H15F3N2O2. The van der Waals surface area contributed by atoms with E-state index in [2.05, 4.69) is 4.98 Å². The lowest BCUT2D eigenvalue weighted by molar-refractivity contribution is -0.138. The van der Waals surface area contributed by atoms with Gasteiger partial charge in [-0.2, -0.15) is 13.2 Å². The first-order valence-electron chi connectivity index (χ1n) is 6.80. The number of halogens is 3. The highest BCUT2D eigenvalue weighted by Gasteiger charge is 2.33. The van der Waals surface area contributed by atoms with Crippen LogP contribution < -0.4 is 0 Å². The maximum Gasteiger partial charge on any atom is 0.416 e. The Morgan fingerprint density at radius 1 is 1.17 bits per heavy atom. The van der Waals surface area contributed by atoms with E-state index >= 15 is 0 Å². The largest absolute Gasteiger partial charge is 0.478 e. The van der Waals surface area contributed by atoms with Gasteiger partial charge >= 0.3 is 12.1 Å². The maximum atomic E-state index is 13.0. The molecule has 1 heterocycles. The van der Waals surface area contributed by atoms with Gasteiger partial charge in [-0.25, -0.2) is 4.79 Å². The van der Waals surface area contributed by atoms with Crippen LogP contribution in [0.1, 0.15) is 27.2 Å². The molecule has 7 heteroatoms. The number of rotatable bonds is 5. The third-order valence-corrected chi connectivity index (χ3v) is 3.30. The fourth-order valence-electron chi connectivity index (χ4n) is 2.30. The Hall–Kier alpha value is -2.41. The summed E-state index contributed by atoms with van der Waals surface area (Å²) in [6.45, 7) is 0.167. The van der Waals surface area contributed by atoms with E-state index in [-0.39, 0.29) is 24.2 Å². The van der Waals surface area contributed by atoms with Gasteiger partial charge in [-0.05, 0) is 30.8 Å². The number of carboxylic acids is 1. The lowest BCUT2D eigenvalue weighted by atomic mass is 10.1. The van der Waals surface area contributed by atoms with Gasteiger partial charge in [-0.1, -0.05) is 18.2 Å². The fourth-order valence-corrected chi connectivity index (χ4v) is 2.30. The number of alkyl halides is 3. The van der Waals surface area contributed by atoms with Crippen molar-refractivity contribution in [2.24, 2.45) is 0 Å². The van der Waals surface area contributed by atoms with Crippen molar-refractivity contribution in [1.82, 2.24) is 9.88 Å². The number of nitrogens with zero attached hydrogens (tertiary/aromatic N) is 2. The van der Waals surface area contributed by atoms with Gasteiger partial charge in [0.25, 0.3) is 0 Å². The molecule has 1 aromatic heterocycles. The topological polar surface area (TPSA) is 53.4 Å². The second-order valence-electron chi connectivity index (χ2n) is 5.13. The molecule has 0 unspecified atom stereocenters. The molecule has 0 atom stereocenters. The molecule has 2 rings (SSSR count). The number of aromatic nitrogens is 1. The zero-order valence-electron chi connectivity index (χ0n) is 12.3. The molecule has 0 bridgehead atoms. The number of aromatic carboxylic acids is 1. The molecule has 0 amide bonds. The summed E-state index contributed by atoms with van der Waals surface area (Å²) in [6, 6.07) is 8.26. The van der Waals surface area contributed by atoms with Crippen LogP contribution in [0.5, 0.6) is 0 Å². The monoisotopic (exact) mass is 324 g/mol. The average molecular weight is 324 g/mol. The first-order chi connectivity index (χ1) is 10.8. The average Bonchev–Trinajstić information content (AvgIpc) is 2.47. The molecule has 0 saturated carbocycles. The van der Waals surface area contributed by atoms with Crippen LogP contribution in [0.3, 0.4) is 0 Å². The van der Waals surface area contributed by atoms with Crippen LogP contribution in [0.25, 0.3) is 0 Å². The third kappa shape index (κ3) is 4.29. The summed E-state index contributed by atoms with van der Waals surface area (Å²) < 4.78 is 39.0. The Bertz CT molecular complexity index is 702. The lowest BCUT2D eigenvalue weighted by Crippen LogP contribution is -2.22. The van der Waals surface area contributed by atoms with Gasteiger partial charge in [-0.3, -0.25) is 9.88 Å². The molecule has 0 aliphatic rings. The Kier molecular flexibility index (Phi) is 5.00. The smallest absolute Gasteiger partial charge is 0.416 e. The molecule has 4 nitrogen and oxygen atoms in total. The van der Waals surface area contributed by atoms with Crippen molar-refractivity contribution in [2.45, 2.75) is 19.3 Å². The zero-order chi connectivity index (χ0) is 17.0. The Labute approximate surface area is 131 Å². The van der Waals surface area contributed by atoms with Crippen LogP contribution in [0.2, 0.25) is 0 Å². The highest BCUT2D eigenvalue weighted by Crippen LogP contribution is 2.32. The quantitative estimate of drug-likeness (QED) is 0.915. The van der Waals surface area contributed by atoms with Crippen LogP contribution in [0.15, 0.2) is 42.6 Å². The van der Waals surface area contributed by atoms with Crippen LogP contribution in [-0.4, -0.2) is 28.0 Å². The van der Waals surface area contributed by atoms with E-state index in [0.29, 0.717) is 5.69 Å². The minimum atomic E-state index is -4.42. The van der Waals surface area contributed by atoms with E-state index in [0.717, 1.165) is 6.07 Å². The van der Waals surface area contributed by atoms with Gasteiger partial charge in [-0.15, -0.1) is 0 Å². The van der Waals surface area contributed by atoms with Gasteiger partial charge < -0.3 is 5.11 Å². The first-order valence-corrected chi connectivity index (χ1v) is 6.80. The molecule has 0 fully saturated rings. The molecule has 0 radical (unpaired) electrons. The third-order valence-electron chi connectivity index (χ3n) is 3.30. The summed E-state index contributed by atoms with van der Waals surface area (Å²) in [6.07, 6.45) is -2.96. The van der Waals surface area contributed by atoms with Gasteiger partial charge in [0.05, 0.1) is 16.8 Å². The van der Waals surface area contributed by atoms with Crippen molar-refractivity contribution in [3.05, 3.63) is 65.0 Å². The summed E-state index contributed by atoms with van der Waals surface area (Å²) in [4.78, 5) is 16.7. The minimum absolute atomic E-state index is 0.0331. The minimum Gasteiger partial charge on any atom is -0.478 e. The second-order valence-corrected chi connectivity index (χ2v) is 5.13. The van der Waals surface area contributed by atoms with Crippen molar-refractivity contribution < 1.29 is 23.1 Å². The van der Waals surface area contributed by atoms with Gasteiger partial charge in [0.2, 0.25) is 0 Å². The molecule has 2 aromatic rings. The van der Waals surface area contributed by atoms with E-state index in [1.807, 2.05) is 0 Å².